The number of unbranched alkanes of at least 4 members (excludes halogenated alkanes) is 1. The van der Waals surface area contributed by atoms with Crippen LogP contribution >= 0.6 is 0 Å². The molecule has 0 aliphatic rings. The Morgan fingerprint density at radius 2 is 2.05 bits per heavy atom. The number of rotatable bonds is 8. The smallest absolute Gasteiger partial charge is 0.241 e. The van der Waals surface area contributed by atoms with E-state index < -0.39 is 0 Å². The van der Waals surface area contributed by atoms with Crippen molar-refractivity contribution in [1.82, 2.24) is 20.0 Å². The zero-order valence-electron chi connectivity index (χ0n) is 13.9. The summed E-state index contributed by atoms with van der Waals surface area (Å²) in [6.45, 7) is 10.1. The Morgan fingerprint density at radius 1 is 1.38 bits per heavy atom. The third kappa shape index (κ3) is 5.38. The Labute approximate surface area is 127 Å². The summed E-state index contributed by atoms with van der Waals surface area (Å²) in [7, 11) is 2.12. The highest BCUT2D eigenvalue weighted by atomic mass is 16.2. The van der Waals surface area contributed by atoms with E-state index in [9.17, 15) is 4.79 Å². The first-order valence-electron chi connectivity index (χ1n) is 7.59. The van der Waals surface area contributed by atoms with Crippen molar-refractivity contribution in [2.75, 3.05) is 25.9 Å². The minimum absolute atomic E-state index is 0.0159. The number of carbonyl (C=O) groups excluding carboxylic acids is 1. The van der Waals surface area contributed by atoms with Crippen molar-refractivity contribution < 1.29 is 4.79 Å². The molecule has 0 aliphatic carbocycles. The predicted molar refractivity (Wildman–Crippen MR) is 86.1 cm³/mol. The summed E-state index contributed by atoms with van der Waals surface area (Å²) >= 11 is 0. The van der Waals surface area contributed by atoms with Crippen LogP contribution in [0.3, 0.4) is 0 Å². The van der Waals surface area contributed by atoms with E-state index in [1.807, 2.05) is 13.8 Å². The van der Waals surface area contributed by atoms with Gasteiger partial charge in [-0.25, -0.2) is 0 Å². The van der Waals surface area contributed by atoms with Gasteiger partial charge in [-0.3, -0.25) is 9.48 Å². The van der Waals surface area contributed by atoms with Crippen molar-refractivity contribution in [3.05, 3.63) is 11.4 Å². The van der Waals surface area contributed by atoms with Crippen LogP contribution in [0.5, 0.6) is 0 Å². The number of amides is 1. The number of carbonyl (C=O) groups is 1. The van der Waals surface area contributed by atoms with Crippen molar-refractivity contribution in [1.29, 1.82) is 0 Å². The summed E-state index contributed by atoms with van der Waals surface area (Å²) in [6.07, 6.45) is 2.07. The Balaban J connectivity index is 2.24. The average molecular weight is 295 g/mol. The van der Waals surface area contributed by atoms with E-state index in [0.29, 0.717) is 18.3 Å². The molecule has 0 atom stereocenters. The van der Waals surface area contributed by atoms with Crippen LogP contribution in [0.15, 0.2) is 0 Å². The molecule has 0 fully saturated rings. The number of hydrogen-bond donors (Lipinski definition) is 2. The van der Waals surface area contributed by atoms with E-state index in [0.717, 1.165) is 30.8 Å². The molecule has 6 heteroatoms. The second kappa shape index (κ2) is 8.02. The number of aryl methyl sites for hydroxylation is 1. The molecule has 21 heavy (non-hydrogen) atoms. The Bertz CT molecular complexity index is 467. The number of anilines is 1. The van der Waals surface area contributed by atoms with E-state index in [1.165, 1.54) is 0 Å². The standard InChI is InChI=1S/C15H29N5O/c1-11(2)19(5)9-7-6-8-17-14(21)10-20-13(4)15(16)12(3)18-20/h11H,6-10,16H2,1-5H3,(H,17,21). The molecule has 0 aromatic carbocycles. The first kappa shape index (κ1) is 17.5. The van der Waals surface area contributed by atoms with Gasteiger partial charge < -0.3 is 16.0 Å². The molecule has 1 rings (SSSR count). The van der Waals surface area contributed by atoms with E-state index >= 15 is 0 Å². The Hall–Kier alpha value is -1.56. The minimum atomic E-state index is -0.0159. The lowest BCUT2D eigenvalue weighted by Crippen LogP contribution is -2.30. The summed E-state index contributed by atoms with van der Waals surface area (Å²) in [5, 5.41) is 7.19. The number of hydrogen-bond acceptors (Lipinski definition) is 4. The van der Waals surface area contributed by atoms with Crippen molar-refractivity contribution in [3.8, 4) is 0 Å². The van der Waals surface area contributed by atoms with Gasteiger partial charge in [0.15, 0.2) is 0 Å². The van der Waals surface area contributed by atoms with Crippen LogP contribution in [-0.2, 0) is 11.3 Å². The zero-order valence-corrected chi connectivity index (χ0v) is 13.9. The van der Waals surface area contributed by atoms with Crippen LogP contribution in [0.2, 0.25) is 0 Å². The van der Waals surface area contributed by atoms with Crippen LogP contribution in [0, 0.1) is 13.8 Å². The quantitative estimate of drug-likeness (QED) is 0.709. The molecule has 1 amide bonds. The lowest BCUT2D eigenvalue weighted by molar-refractivity contribution is -0.121. The molecule has 1 aromatic heterocycles. The van der Waals surface area contributed by atoms with Gasteiger partial charge >= 0.3 is 0 Å². The van der Waals surface area contributed by atoms with Gasteiger partial charge in [0.1, 0.15) is 6.54 Å². The van der Waals surface area contributed by atoms with Gasteiger partial charge in [0.2, 0.25) is 5.91 Å². The molecule has 0 radical (unpaired) electrons. The van der Waals surface area contributed by atoms with Gasteiger partial charge in [-0.05, 0) is 54.1 Å². The van der Waals surface area contributed by atoms with E-state index in [1.54, 1.807) is 4.68 Å². The Kier molecular flexibility index (Phi) is 6.68. The maximum Gasteiger partial charge on any atom is 0.241 e. The average Bonchev–Trinajstić information content (AvgIpc) is 2.65. The molecule has 0 saturated heterocycles. The van der Waals surface area contributed by atoms with Gasteiger partial charge in [-0.2, -0.15) is 5.10 Å². The van der Waals surface area contributed by atoms with E-state index in [2.05, 4.69) is 36.2 Å². The third-order valence-corrected chi connectivity index (χ3v) is 3.87. The van der Waals surface area contributed by atoms with Crippen molar-refractivity contribution in [2.45, 2.75) is 53.1 Å². The SMILES string of the molecule is Cc1nn(CC(=O)NCCCCN(C)C(C)C)c(C)c1N. The monoisotopic (exact) mass is 295 g/mol. The summed E-state index contributed by atoms with van der Waals surface area (Å²) < 4.78 is 1.66. The summed E-state index contributed by atoms with van der Waals surface area (Å²) in [4.78, 5) is 14.2. The molecular weight excluding hydrogens is 266 g/mol. The molecule has 0 aliphatic heterocycles. The topological polar surface area (TPSA) is 76.2 Å². The van der Waals surface area contributed by atoms with Crippen molar-refractivity contribution >= 4 is 11.6 Å². The fourth-order valence-corrected chi connectivity index (χ4v) is 2.03. The van der Waals surface area contributed by atoms with Crippen molar-refractivity contribution in [2.24, 2.45) is 0 Å². The molecule has 1 heterocycles. The van der Waals surface area contributed by atoms with Crippen LogP contribution in [0.1, 0.15) is 38.1 Å². The first-order chi connectivity index (χ1) is 9.82. The van der Waals surface area contributed by atoms with Gasteiger partial charge in [-0.1, -0.05) is 0 Å². The maximum absolute atomic E-state index is 11.9. The highest BCUT2D eigenvalue weighted by Gasteiger charge is 2.11. The molecule has 1 aromatic rings. The largest absolute Gasteiger partial charge is 0.396 e. The van der Waals surface area contributed by atoms with Crippen LogP contribution in [0.4, 0.5) is 5.69 Å². The van der Waals surface area contributed by atoms with E-state index in [4.69, 9.17) is 5.73 Å². The van der Waals surface area contributed by atoms with Crippen LogP contribution in [-0.4, -0.2) is 46.8 Å². The molecule has 0 saturated carbocycles. The second-order valence-corrected chi connectivity index (χ2v) is 5.87. The molecule has 0 bridgehead atoms. The number of aromatic nitrogens is 2. The molecule has 3 N–H and O–H groups in total. The summed E-state index contributed by atoms with van der Waals surface area (Å²) in [6, 6.07) is 0.566. The molecule has 6 nitrogen and oxygen atoms in total. The van der Waals surface area contributed by atoms with Crippen LogP contribution < -0.4 is 11.1 Å². The van der Waals surface area contributed by atoms with Crippen molar-refractivity contribution in [3.63, 3.8) is 0 Å². The maximum atomic E-state index is 11.9. The van der Waals surface area contributed by atoms with Gasteiger partial charge in [0.25, 0.3) is 0 Å². The second-order valence-electron chi connectivity index (χ2n) is 5.87. The Morgan fingerprint density at radius 3 is 2.57 bits per heavy atom. The molecule has 0 unspecified atom stereocenters. The number of nitrogen functional groups attached to an aromatic ring is 1. The predicted octanol–water partition coefficient (Wildman–Crippen LogP) is 1.32. The molecule has 120 valence electrons. The summed E-state index contributed by atoms with van der Waals surface area (Å²) in [5.74, 6) is -0.0159. The molecular formula is C15H29N5O. The fraction of sp³-hybridized carbons (Fsp3) is 0.733. The number of nitrogens with one attached hydrogen (secondary N) is 1. The van der Waals surface area contributed by atoms with Gasteiger partial charge in [0.05, 0.1) is 17.1 Å². The highest BCUT2D eigenvalue weighted by Crippen LogP contribution is 2.14. The van der Waals surface area contributed by atoms with Gasteiger partial charge in [-0.15, -0.1) is 0 Å². The number of nitrogens with two attached hydrogens (primary N) is 1. The third-order valence-electron chi connectivity index (χ3n) is 3.87. The number of nitrogens with zero attached hydrogens (tertiary/aromatic N) is 3. The lowest BCUT2D eigenvalue weighted by atomic mass is 10.2. The highest BCUT2D eigenvalue weighted by molar-refractivity contribution is 5.75. The van der Waals surface area contributed by atoms with Crippen LogP contribution in [0.25, 0.3) is 0 Å². The van der Waals surface area contributed by atoms with Gasteiger partial charge in [0, 0.05) is 12.6 Å². The van der Waals surface area contributed by atoms with E-state index in [-0.39, 0.29) is 12.5 Å². The fourth-order valence-electron chi connectivity index (χ4n) is 2.03. The first-order valence-corrected chi connectivity index (χ1v) is 7.59. The zero-order chi connectivity index (χ0) is 16.0. The summed E-state index contributed by atoms with van der Waals surface area (Å²) in [5.41, 5.74) is 8.14. The normalized spacial score (nSPS) is 11.4. The minimum Gasteiger partial charge on any atom is -0.396 e. The molecule has 0 spiro atoms. The lowest BCUT2D eigenvalue weighted by Gasteiger charge is -2.20.